The number of nitrogens with zero attached hydrogens (tertiary/aromatic N) is 2. The Morgan fingerprint density at radius 1 is 0.362 bits per heavy atom. The fraction of sp³-hybridized carbons (Fsp3) is 0.200. The predicted molar refractivity (Wildman–Crippen MR) is 197 cm³/mol. The van der Waals surface area contributed by atoms with Crippen LogP contribution in [0.3, 0.4) is 0 Å². The highest BCUT2D eigenvalue weighted by molar-refractivity contribution is 6.13. The molecule has 2 nitrogen and oxygen atoms in total. The van der Waals surface area contributed by atoms with E-state index >= 15 is 0 Å². The quantitative estimate of drug-likeness (QED) is 0.163. The van der Waals surface area contributed by atoms with Gasteiger partial charge >= 0.3 is 0 Å². The maximum absolute atomic E-state index is 2.56. The number of hydrogen-bond acceptors (Lipinski definition) is 0. The lowest BCUT2D eigenvalue weighted by molar-refractivity contribution is 0.621. The van der Waals surface area contributed by atoms with Crippen LogP contribution in [0.15, 0.2) is 109 Å². The molecule has 4 heterocycles. The van der Waals surface area contributed by atoms with E-state index in [1.165, 1.54) is 99.5 Å². The predicted octanol–water partition coefficient (Wildman–Crippen LogP) is 11.5. The third-order valence-electron chi connectivity index (χ3n) is 12.5. The van der Waals surface area contributed by atoms with E-state index in [9.17, 15) is 0 Å². The summed E-state index contributed by atoms with van der Waals surface area (Å²) < 4.78 is 5.13. The molecule has 8 aromatic rings. The molecular weight excluding hydrogens is 569 g/mol. The summed E-state index contributed by atoms with van der Waals surface area (Å²) in [6.45, 7) is 14.6. The standard InChI is InChI=1S/C45H36N2/c1-43(2)31-17-11-15-27-25-13-7-9-19-37(25)46(41(27)31)39-23-33-29(21-35(39)43)30-22-36-40(24-34(30)45(33,5)6)47-38-20-10-8-14-26(38)28-16-12-18-32(42(28)47)44(36,3)4/h7-24H,1-6H3. The van der Waals surface area contributed by atoms with Gasteiger partial charge in [0.2, 0.25) is 0 Å². The largest absolute Gasteiger partial charge is 0.309 e. The molecule has 47 heavy (non-hydrogen) atoms. The van der Waals surface area contributed by atoms with Crippen LogP contribution in [0.5, 0.6) is 0 Å². The topological polar surface area (TPSA) is 9.86 Å². The van der Waals surface area contributed by atoms with Crippen LogP contribution < -0.4 is 0 Å². The van der Waals surface area contributed by atoms with Crippen molar-refractivity contribution in [1.29, 1.82) is 0 Å². The molecule has 0 bridgehead atoms. The second-order valence-corrected chi connectivity index (χ2v) is 15.8. The third-order valence-corrected chi connectivity index (χ3v) is 12.5. The summed E-state index contributed by atoms with van der Waals surface area (Å²) >= 11 is 0. The normalized spacial score (nSPS) is 17.2. The summed E-state index contributed by atoms with van der Waals surface area (Å²) in [4.78, 5) is 0. The third kappa shape index (κ3) is 2.79. The Morgan fingerprint density at radius 2 is 0.745 bits per heavy atom. The molecule has 0 spiro atoms. The van der Waals surface area contributed by atoms with Gasteiger partial charge in [-0.3, -0.25) is 0 Å². The molecule has 0 fully saturated rings. The van der Waals surface area contributed by atoms with Crippen molar-refractivity contribution in [2.45, 2.75) is 57.8 Å². The summed E-state index contributed by atoms with van der Waals surface area (Å²) in [5.74, 6) is 0. The van der Waals surface area contributed by atoms with E-state index in [1.54, 1.807) is 0 Å². The van der Waals surface area contributed by atoms with Gasteiger partial charge in [-0.15, -0.1) is 0 Å². The molecule has 0 radical (unpaired) electrons. The SMILES string of the molecule is CC1(C)c2cc3c(cc2-c2cc4c(cc21)-n1c2ccccc2c2cccc(c21)C4(C)C)C(C)(C)c1cccc2c4ccccc4n-3c12. The number of hydrogen-bond donors (Lipinski definition) is 0. The lowest BCUT2D eigenvalue weighted by atomic mass is 9.73. The first kappa shape index (κ1) is 26.0. The molecule has 0 saturated carbocycles. The van der Waals surface area contributed by atoms with Crippen molar-refractivity contribution in [1.82, 2.24) is 9.13 Å². The number of aromatic nitrogens is 2. The summed E-state index contributed by atoms with van der Waals surface area (Å²) in [5.41, 5.74) is 18.8. The molecule has 2 aliphatic heterocycles. The fourth-order valence-electron chi connectivity index (χ4n) is 10.0. The van der Waals surface area contributed by atoms with Gasteiger partial charge in [-0.25, -0.2) is 0 Å². The second-order valence-electron chi connectivity index (χ2n) is 15.8. The lowest BCUT2D eigenvalue weighted by Crippen LogP contribution is -2.27. The molecule has 11 rings (SSSR count). The minimum atomic E-state index is -0.152. The molecule has 0 N–H and O–H groups in total. The zero-order valence-electron chi connectivity index (χ0n) is 27.8. The number of benzene rings is 6. The maximum Gasteiger partial charge on any atom is 0.0582 e. The minimum Gasteiger partial charge on any atom is -0.309 e. The molecule has 0 unspecified atom stereocenters. The van der Waals surface area contributed by atoms with Crippen molar-refractivity contribution >= 4 is 43.6 Å². The van der Waals surface area contributed by atoms with E-state index in [0.29, 0.717) is 0 Å². The van der Waals surface area contributed by atoms with Crippen LogP contribution in [0.4, 0.5) is 0 Å². The Kier molecular flexibility index (Phi) is 4.37. The molecule has 2 heteroatoms. The molecule has 3 aliphatic rings. The van der Waals surface area contributed by atoms with Crippen molar-refractivity contribution in [3.8, 4) is 22.5 Å². The Hall–Kier alpha value is -5.08. The second kappa shape index (κ2) is 7.89. The molecule has 0 amide bonds. The molecular formula is C45H36N2. The van der Waals surface area contributed by atoms with Gasteiger partial charge < -0.3 is 9.13 Å². The van der Waals surface area contributed by atoms with Crippen LogP contribution in [0.25, 0.3) is 66.1 Å². The maximum atomic E-state index is 2.56. The molecule has 226 valence electrons. The highest BCUT2D eigenvalue weighted by Crippen LogP contribution is 2.57. The average Bonchev–Trinajstić information content (AvgIpc) is 3.66. The Morgan fingerprint density at radius 3 is 1.19 bits per heavy atom. The molecule has 1 aliphatic carbocycles. The van der Waals surface area contributed by atoms with Crippen molar-refractivity contribution in [3.05, 3.63) is 143 Å². The Balaban J connectivity index is 1.24. The first-order chi connectivity index (χ1) is 22.6. The van der Waals surface area contributed by atoms with Crippen molar-refractivity contribution in [2.75, 3.05) is 0 Å². The zero-order chi connectivity index (χ0) is 31.8. The van der Waals surface area contributed by atoms with Gasteiger partial charge in [0.15, 0.2) is 0 Å². The molecule has 0 saturated heterocycles. The van der Waals surface area contributed by atoms with Gasteiger partial charge in [0.05, 0.1) is 33.4 Å². The molecule has 0 atom stereocenters. The summed E-state index contributed by atoms with van der Waals surface area (Å²) in [6, 6.07) is 41.9. The van der Waals surface area contributed by atoms with E-state index in [-0.39, 0.29) is 16.2 Å². The molecule has 6 aromatic carbocycles. The lowest BCUT2D eigenvalue weighted by Gasteiger charge is -2.36. The summed E-state index contributed by atoms with van der Waals surface area (Å²) in [7, 11) is 0. The van der Waals surface area contributed by atoms with E-state index in [0.717, 1.165) is 0 Å². The average molecular weight is 605 g/mol. The highest BCUT2D eigenvalue weighted by Gasteiger charge is 2.44. The van der Waals surface area contributed by atoms with Gasteiger partial charge in [-0.2, -0.15) is 0 Å². The number of rotatable bonds is 0. The van der Waals surface area contributed by atoms with Crippen LogP contribution in [0.1, 0.15) is 74.9 Å². The van der Waals surface area contributed by atoms with Gasteiger partial charge in [-0.05, 0) is 80.9 Å². The van der Waals surface area contributed by atoms with Crippen molar-refractivity contribution < 1.29 is 0 Å². The van der Waals surface area contributed by atoms with E-state index in [1.807, 2.05) is 0 Å². The molecule has 2 aromatic heterocycles. The van der Waals surface area contributed by atoms with E-state index in [2.05, 4.69) is 160 Å². The Labute approximate surface area is 274 Å². The van der Waals surface area contributed by atoms with Crippen LogP contribution in [-0.2, 0) is 16.2 Å². The van der Waals surface area contributed by atoms with Gasteiger partial charge in [0, 0.05) is 37.8 Å². The number of fused-ring (bicyclic) bond motifs is 13. The van der Waals surface area contributed by atoms with Gasteiger partial charge in [0.25, 0.3) is 0 Å². The van der Waals surface area contributed by atoms with Crippen LogP contribution in [0, 0.1) is 0 Å². The Bertz CT molecular complexity index is 2570. The number of para-hydroxylation sites is 4. The van der Waals surface area contributed by atoms with E-state index < -0.39 is 0 Å². The summed E-state index contributed by atoms with van der Waals surface area (Å²) in [5, 5.41) is 5.35. The van der Waals surface area contributed by atoms with Crippen LogP contribution in [0.2, 0.25) is 0 Å². The smallest absolute Gasteiger partial charge is 0.0582 e. The first-order valence-electron chi connectivity index (χ1n) is 17.0. The van der Waals surface area contributed by atoms with Crippen LogP contribution in [-0.4, -0.2) is 9.13 Å². The van der Waals surface area contributed by atoms with Crippen molar-refractivity contribution in [3.63, 3.8) is 0 Å². The zero-order valence-corrected chi connectivity index (χ0v) is 27.8. The van der Waals surface area contributed by atoms with Crippen LogP contribution >= 0.6 is 0 Å². The van der Waals surface area contributed by atoms with E-state index in [4.69, 9.17) is 0 Å². The van der Waals surface area contributed by atoms with Gasteiger partial charge in [0.1, 0.15) is 0 Å². The minimum absolute atomic E-state index is 0.136. The summed E-state index contributed by atoms with van der Waals surface area (Å²) in [6.07, 6.45) is 0. The fourth-order valence-corrected chi connectivity index (χ4v) is 10.0. The van der Waals surface area contributed by atoms with Gasteiger partial charge in [-0.1, -0.05) is 114 Å². The van der Waals surface area contributed by atoms with Crippen molar-refractivity contribution in [2.24, 2.45) is 0 Å². The monoisotopic (exact) mass is 604 g/mol. The highest BCUT2D eigenvalue weighted by atomic mass is 15.0. The first-order valence-corrected chi connectivity index (χ1v) is 17.0.